The van der Waals surface area contributed by atoms with Gasteiger partial charge in [0.25, 0.3) is 5.22 Å². The molecule has 1 aromatic carbocycles. The number of benzene rings is 1. The van der Waals surface area contributed by atoms with E-state index in [9.17, 15) is 4.79 Å². The molecule has 1 amide bonds. The van der Waals surface area contributed by atoms with Gasteiger partial charge in [-0.3, -0.25) is 4.79 Å². The molecule has 0 aliphatic carbocycles. The summed E-state index contributed by atoms with van der Waals surface area (Å²) in [5.74, 6) is 0.921. The number of likely N-dealkylation sites (tertiary alicyclic amines) is 1. The molecule has 1 aliphatic rings. The molecule has 0 spiro atoms. The van der Waals surface area contributed by atoms with Crippen LogP contribution in [0.1, 0.15) is 33.1 Å². The van der Waals surface area contributed by atoms with Gasteiger partial charge in [-0.15, -0.1) is 10.2 Å². The van der Waals surface area contributed by atoms with Gasteiger partial charge in [-0.05, 0) is 61.2 Å². The molecule has 24 heavy (non-hydrogen) atoms. The minimum Gasteiger partial charge on any atom is -0.411 e. The maximum atomic E-state index is 12.5. The van der Waals surface area contributed by atoms with Crippen LogP contribution in [-0.2, 0) is 4.79 Å². The fraction of sp³-hybridized carbons (Fsp3) is 0.471. The van der Waals surface area contributed by atoms with Gasteiger partial charge in [0.1, 0.15) is 0 Å². The van der Waals surface area contributed by atoms with Crippen molar-refractivity contribution in [2.75, 3.05) is 5.75 Å². The summed E-state index contributed by atoms with van der Waals surface area (Å²) >= 11 is 4.78. The lowest BCUT2D eigenvalue weighted by Crippen LogP contribution is -2.48. The van der Waals surface area contributed by atoms with Crippen molar-refractivity contribution in [1.29, 1.82) is 0 Å². The Morgan fingerprint density at radius 1 is 1.29 bits per heavy atom. The number of hydrogen-bond acceptors (Lipinski definition) is 5. The number of nitrogens with zero attached hydrogens (tertiary/aromatic N) is 3. The summed E-state index contributed by atoms with van der Waals surface area (Å²) in [4.78, 5) is 14.5. The molecule has 1 aromatic heterocycles. The lowest BCUT2D eigenvalue weighted by atomic mass is 9.98. The van der Waals surface area contributed by atoms with Gasteiger partial charge in [-0.25, -0.2) is 0 Å². The van der Waals surface area contributed by atoms with Gasteiger partial charge >= 0.3 is 0 Å². The quantitative estimate of drug-likeness (QED) is 0.701. The highest BCUT2D eigenvalue weighted by Crippen LogP contribution is 2.29. The number of amides is 1. The molecular weight excluding hydrogens is 390 g/mol. The second kappa shape index (κ2) is 7.70. The Kier molecular flexibility index (Phi) is 5.61. The van der Waals surface area contributed by atoms with Crippen LogP contribution in [-0.4, -0.2) is 38.8 Å². The van der Waals surface area contributed by atoms with E-state index in [1.165, 1.54) is 18.2 Å². The molecule has 2 heterocycles. The average Bonchev–Trinajstić information content (AvgIpc) is 3.02. The summed E-state index contributed by atoms with van der Waals surface area (Å²) in [6.07, 6.45) is 3.35. The predicted molar refractivity (Wildman–Crippen MR) is 97.8 cm³/mol. The largest absolute Gasteiger partial charge is 0.411 e. The Balaban J connectivity index is 1.63. The number of rotatable bonds is 4. The van der Waals surface area contributed by atoms with Crippen LogP contribution in [0.5, 0.6) is 0 Å². The molecule has 128 valence electrons. The van der Waals surface area contributed by atoms with E-state index >= 15 is 0 Å². The van der Waals surface area contributed by atoms with Crippen molar-refractivity contribution >= 4 is 33.6 Å². The normalized spacial score (nSPS) is 21.0. The Morgan fingerprint density at radius 2 is 2.00 bits per heavy atom. The molecule has 1 aliphatic heterocycles. The van der Waals surface area contributed by atoms with E-state index < -0.39 is 0 Å². The summed E-state index contributed by atoms with van der Waals surface area (Å²) in [5, 5.41) is 8.54. The third-order valence-corrected chi connectivity index (χ3v) is 5.81. The standard InChI is InChI=1S/C17H20BrN3O2S/c1-11-6-5-7-12(2)21(11)15(22)10-24-17-20-19-16(23-17)13-8-3-4-9-14(13)18/h3-4,8-9,11-12H,5-7,10H2,1-2H3/t11-,12+. The molecule has 0 saturated carbocycles. The molecular formula is C17H20BrN3O2S. The zero-order valence-electron chi connectivity index (χ0n) is 13.7. The molecule has 5 nitrogen and oxygen atoms in total. The van der Waals surface area contributed by atoms with E-state index in [1.807, 2.05) is 29.2 Å². The van der Waals surface area contributed by atoms with Crippen LogP contribution in [0.15, 0.2) is 38.4 Å². The molecule has 0 radical (unpaired) electrons. The first kappa shape index (κ1) is 17.5. The lowest BCUT2D eigenvalue weighted by Gasteiger charge is -2.39. The monoisotopic (exact) mass is 409 g/mol. The first-order valence-electron chi connectivity index (χ1n) is 8.08. The average molecular weight is 410 g/mol. The molecule has 2 aromatic rings. The van der Waals surface area contributed by atoms with Gasteiger partial charge in [0.05, 0.1) is 11.3 Å². The molecule has 2 atom stereocenters. The van der Waals surface area contributed by atoms with Crippen molar-refractivity contribution in [1.82, 2.24) is 15.1 Å². The van der Waals surface area contributed by atoms with Gasteiger partial charge < -0.3 is 9.32 Å². The molecule has 7 heteroatoms. The maximum Gasteiger partial charge on any atom is 0.277 e. The van der Waals surface area contributed by atoms with E-state index in [2.05, 4.69) is 40.0 Å². The van der Waals surface area contributed by atoms with Crippen molar-refractivity contribution in [2.45, 2.75) is 50.4 Å². The minimum absolute atomic E-state index is 0.139. The van der Waals surface area contributed by atoms with Crippen molar-refractivity contribution in [3.63, 3.8) is 0 Å². The number of thioether (sulfide) groups is 1. The zero-order valence-corrected chi connectivity index (χ0v) is 16.1. The van der Waals surface area contributed by atoms with Crippen LogP contribution in [0.3, 0.4) is 0 Å². The second-order valence-electron chi connectivity index (χ2n) is 6.07. The van der Waals surface area contributed by atoms with Crippen LogP contribution in [0.25, 0.3) is 11.5 Å². The van der Waals surface area contributed by atoms with E-state index in [4.69, 9.17) is 4.42 Å². The van der Waals surface area contributed by atoms with E-state index in [1.54, 1.807) is 0 Å². The van der Waals surface area contributed by atoms with Crippen molar-refractivity contribution in [3.8, 4) is 11.5 Å². The van der Waals surface area contributed by atoms with Gasteiger partial charge in [-0.1, -0.05) is 23.9 Å². The molecule has 1 saturated heterocycles. The summed E-state index contributed by atoms with van der Waals surface area (Å²) in [5.41, 5.74) is 0.849. The van der Waals surface area contributed by atoms with Crippen LogP contribution in [0.4, 0.5) is 0 Å². The number of hydrogen-bond donors (Lipinski definition) is 0. The van der Waals surface area contributed by atoms with E-state index in [0.717, 1.165) is 22.9 Å². The van der Waals surface area contributed by atoms with Crippen molar-refractivity contribution in [2.24, 2.45) is 0 Å². The fourth-order valence-corrected chi connectivity index (χ4v) is 4.21. The Hall–Kier alpha value is -1.34. The fourth-order valence-electron chi connectivity index (χ4n) is 3.12. The molecule has 1 fully saturated rings. The summed E-state index contributed by atoms with van der Waals surface area (Å²) in [7, 11) is 0. The van der Waals surface area contributed by atoms with Crippen LogP contribution in [0, 0.1) is 0 Å². The van der Waals surface area contributed by atoms with Crippen molar-refractivity contribution < 1.29 is 9.21 Å². The van der Waals surface area contributed by atoms with Crippen molar-refractivity contribution in [3.05, 3.63) is 28.7 Å². The van der Waals surface area contributed by atoms with Crippen LogP contribution in [0.2, 0.25) is 0 Å². The minimum atomic E-state index is 0.139. The molecule has 3 rings (SSSR count). The number of piperidine rings is 1. The number of carbonyl (C=O) groups excluding carboxylic acids is 1. The van der Waals surface area contributed by atoms with Crippen LogP contribution >= 0.6 is 27.7 Å². The topological polar surface area (TPSA) is 59.2 Å². The highest BCUT2D eigenvalue weighted by molar-refractivity contribution is 9.10. The van der Waals surface area contributed by atoms with Gasteiger partial charge in [-0.2, -0.15) is 0 Å². The summed E-state index contributed by atoms with van der Waals surface area (Å²) in [6.45, 7) is 4.24. The number of aromatic nitrogens is 2. The van der Waals surface area contributed by atoms with Gasteiger partial charge in [0.2, 0.25) is 11.8 Å². The first-order chi connectivity index (χ1) is 11.6. The zero-order chi connectivity index (χ0) is 17.1. The third kappa shape index (κ3) is 3.83. The first-order valence-corrected chi connectivity index (χ1v) is 9.86. The maximum absolute atomic E-state index is 12.5. The number of carbonyl (C=O) groups is 1. The van der Waals surface area contributed by atoms with Gasteiger partial charge in [0.15, 0.2) is 0 Å². The summed E-state index contributed by atoms with van der Waals surface area (Å²) < 4.78 is 6.58. The Labute approximate surface area is 154 Å². The van der Waals surface area contributed by atoms with E-state index in [0.29, 0.717) is 29.0 Å². The number of halogens is 1. The Morgan fingerprint density at radius 3 is 2.71 bits per heavy atom. The van der Waals surface area contributed by atoms with E-state index in [-0.39, 0.29) is 5.91 Å². The highest BCUT2D eigenvalue weighted by Gasteiger charge is 2.29. The SMILES string of the molecule is C[C@@H]1CCC[C@H](C)N1C(=O)CSc1nnc(-c2ccccc2Br)o1. The second-order valence-corrected chi connectivity index (χ2v) is 7.85. The molecule has 0 unspecified atom stereocenters. The Bertz CT molecular complexity index is 711. The third-order valence-electron chi connectivity index (χ3n) is 4.31. The molecule has 0 N–H and O–H groups in total. The highest BCUT2D eigenvalue weighted by atomic mass is 79.9. The smallest absolute Gasteiger partial charge is 0.277 e. The lowest BCUT2D eigenvalue weighted by molar-refractivity contribution is -0.134. The van der Waals surface area contributed by atoms with Gasteiger partial charge in [0, 0.05) is 16.6 Å². The predicted octanol–water partition coefficient (Wildman–Crippen LogP) is 4.38. The molecule has 0 bridgehead atoms. The van der Waals surface area contributed by atoms with Crippen LogP contribution < -0.4 is 0 Å². The summed E-state index contributed by atoms with van der Waals surface area (Å²) in [6, 6.07) is 8.29.